The Hall–Kier alpha value is -1.26. The number of phenols is 1. The van der Waals surface area contributed by atoms with Gasteiger partial charge < -0.3 is 19.9 Å². The normalized spacial score (nSPS) is 18.2. The van der Waals surface area contributed by atoms with Gasteiger partial charge in [-0.3, -0.25) is 0 Å². The lowest BCUT2D eigenvalue weighted by Gasteiger charge is -2.24. The molecule has 1 aliphatic heterocycles. The number of hydrogen-bond donors (Lipinski definition) is 2. The maximum Gasteiger partial charge on any atom is 0.124 e. The third-order valence-corrected chi connectivity index (χ3v) is 3.76. The zero-order chi connectivity index (χ0) is 13.7. The van der Waals surface area contributed by atoms with Gasteiger partial charge in [-0.05, 0) is 38.3 Å². The molecular weight excluding hydrogens is 242 g/mol. The van der Waals surface area contributed by atoms with E-state index in [1.165, 1.54) is 0 Å². The standard InChI is InChI=1S/C15H23NO3/c1-11(16-10-12-5-7-19-8-6-12)14-4-3-13(18-2)9-15(14)17/h3-4,9,11-12,16-17H,5-8,10H2,1-2H3. The van der Waals surface area contributed by atoms with Crippen molar-refractivity contribution in [2.45, 2.75) is 25.8 Å². The molecule has 0 aromatic heterocycles. The molecule has 1 aromatic rings. The smallest absolute Gasteiger partial charge is 0.124 e. The average Bonchev–Trinajstić information content (AvgIpc) is 2.45. The third kappa shape index (κ3) is 3.85. The molecule has 0 aliphatic carbocycles. The van der Waals surface area contributed by atoms with Crippen LogP contribution < -0.4 is 10.1 Å². The Balaban J connectivity index is 1.89. The number of aromatic hydroxyl groups is 1. The molecule has 0 spiro atoms. The molecule has 1 unspecified atom stereocenters. The summed E-state index contributed by atoms with van der Waals surface area (Å²) in [5.41, 5.74) is 0.910. The minimum Gasteiger partial charge on any atom is -0.507 e. The second-order valence-electron chi connectivity index (χ2n) is 5.11. The Kier molecular flexibility index (Phi) is 5.05. The van der Waals surface area contributed by atoms with E-state index in [4.69, 9.17) is 9.47 Å². The SMILES string of the molecule is COc1ccc(C(C)NCC2CCOCC2)c(O)c1. The van der Waals surface area contributed by atoms with E-state index >= 15 is 0 Å². The van der Waals surface area contributed by atoms with Crippen molar-refractivity contribution < 1.29 is 14.6 Å². The van der Waals surface area contributed by atoms with Gasteiger partial charge in [-0.2, -0.15) is 0 Å². The zero-order valence-corrected chi connectivity index (χ0v) is 11.7. The van der Waals surface area contributed by atoms with Crippen molar-refractivity contribution in [1.82, 2.24) is 5.32 Å². The summed E-state index contributed by atoms with van der Waals surface area (Å²) in [6, 6.07) is 5.58. The molecule has 1 saturated heterocycles. The lowest BCUT2D eigenvalue weighted by molar-refractivity contribution is 0.0656. The van der Waals surface area contributed by atoms with Crippen molar-refractivity contribution in [3.63, 3.8) is 0 Å². The van der Waals surface area contributed by atoms with Gasteiger partial charge in [0.25, 0.3) is 0 Å². The van der Waals surface area contributed by atoms with E-state index < -0.39 is 0 Å². The molecule has 19 heavy (non-hydrogen) atoms. The second kappa shape index (κ2) is 6.78. The Bertz CT molecular complexity index is 402. The summed E-state index contributed by atoms with van der Waals surface area (Å²) in [7, 11) is 1.60. The summed E-state index contributed by atoms with van der Waals surface area (Å²) >= 11 is 0. The molecule has 1 heterocycles. The van der Waals surface area contributed by atoms with Crippen molar-refractivity contribution in [2.75, 3.05) is 26.9 Å². The van der Waals surface area contributed by atoms with Gasteiger partial charge in [0.2, 0.25) is 0 Å². The van der Waals surface area contributed by atoms with E-state index in [1.807, 2.05) is 12.1 Å². The van der Waals surface area contributed by atoms with Gasteiger partial charge in [-0.1, -0.05) is 6.07 Å². The number of benzene rings is 1. The molecule has 2 rings (SSSR count). The number of nitrogens with one attached hydrogen (secondary N) is 1. The highest BCUT2D eigenvalue weighted by molar-refractivity contribution is 5.41. The fourth-order valence-corrected chi connectivity index (χ4v) is 2.42. The average molecular weight is 265 g/mol. The third-order valence-electron chi connectivity index (χ3n) is 3.76. The summed E-state index contributed by atoms with van der Waals surface area (Å²) in [6.45, 7) is 4.78. The van der Waals surface area contributed by atoms with Gasteiger partial charge in [0.15, 0.2) is 0 Å². The highest BCUT2D eigenvalue weighted by atomic mass is 16.5. The summed E-state index contributed by atoms with van der Waals surface area (Å²) in [5.74, 6) is 1.64. The van der Waals surface area contributed by atoms with Crippen molar-refractivity contribution >= 4 is 0 Å². The maximum absolute atomic E-state index is 9.99. The Morgan fingerprint density at radius 1 is 1.42 bits per heavy atom. The molecule has 0 amide bonds. The summed E-state index contributed by atoms with van der Waals surface area (Å²) in [5, 5.41) is 13.5. The quantitative estimate of drug-likeness (QED) is 0.858. The molecule has 0 saturated carbocycles. The molecule has 0 bridgehead atoms. The molecule has 0 radical (unpaired) electrons. The molecular formula is C15H23NO3. The minimum absolute atomic E-state index is 0.133. The Morgan fingerprint density at radius 2 is 2.16 bits per heavy atom. The van der Waals surface area contributed by atoms with Crippen molar-refractivity contribution in [2.24, 2.45) is 5.92 Å². The Labute approximate surface area is 114 Å². The molecule has 106 valence electrons. The highest BCUT2D eigenvalue weighted by Crippen LogP contribution is 2.28. The number of methoxy groups -OCH3 is 1. The summed E-state index contributed by atoms with van der Waals surface area (Å²) < 4.78 is 10.4. The topological polar surface area (TPSA) is 50.7 Å². The molecule has 1 aromatic carbocycles. The van der Waals surface area contributed by atoms with Crippen LogP contribution in [0.2, 0.25) is 0 Å². The first-order valence-electron chi connectivity index (χ1n) is 6.88. The van der Waals surface area contributed by atoms with E-state index in [2.05, 4.69) is 12.2 Å². The van der Waals surface area contributed by atoms with E-state index in [0.717, 1.165) is 38.2 Å². The molecule has 4 nitrogen and oxygen atoms in total. The first-order valence-corrected chi connectivity index (χ1v) is 6.88. The van der Waals surface area contributed by atoms with Crippen molar-refractivity contribution in [3.8, 4) is 11.5 Å². The highest BCUT2D eigenvalue weighted by Gasteiger charge is 2.16. The van der Waals surface area contributed by atoms with Crippen LogP contribution in [0.4, 0.5) is 0 Å². The van der Waals surface area contributed by atoms with Gasteiger partial charge in [0.05, 0.1) is 7.11 Å². The summed E-state index contributed by atoms with van der Waals surface area (Å²) in [6.07, 6.45) is 2.24. The van der Waals surface area contributed by atoms with E-state index in [9.17, 15) is 5.11 Å². The van der Waals surface area contributed by atoms with Crippen LogP contribution in [0.1, 0.15) is 31.4 Å². The number of ether oxygens (including phenoxy) is 2. The number of hydrogen-bond acceptors (Lipinski definition) is 4. The Morgan fingerprint density at radius 3 is 2.79 bits per heavy atom. The number of rotatable bonds is 5. The summed E-state index contributed by atoms with van der Waals surface area (Å²) in [4.78, 5) is 0. The van der Waals surface area contributed by atoms with Crippen LogP contribution in [0.5, 0.6) is 11.5 Å². The second-order valence-corrected chi connectivity index (χ2v) is 5.11. The van der Waals surface area contributed by atoms with Crippen LogP contribution in [-0.2, 0) is 4.74 Å². The molecule has 1 atom stereocenters. The molecule has 2 N–H and O–H groups in total. The van der Waals surface area contributed by atoms with Crippen LogP contribution >= 0.6 is 0 Å². The first kappa shape index (κ1) is 14.2. The molecule has 4 heteroatoms. The monoisotopic (exact) mass is 265 g/mol. The van der Waals surface area contributed by atoms with E-state index in [-0.39, 0.29) is 11.8 Å². The lowest BCUT2D eigenvalue weighted by Crippen LogP contribution is -2.29. The van der Waals surface area contributed by atoms with Crippen LogP contribution in [0, 0.1) is 5.92 Å². The maximum atomic E-state index is 9.99. The van der Waals surface area contributed by atoms with Gasteiger partial charge in [-0.25, -0.2) is 0 Å². The fourth-order valence-electron chi connectivity index (χ4n) is 2.42. The number of phenolic OH excluding ortho intramolecular Hbond substituents is 1. The predicted octanol–water partition coefficient (Wildman–Crippen LogP) is 2.48. The van der Waals surface area contributed by atoms with Crippen LogP contribution in [0.15, 0.2) is 18.2 Å². The van der Waals surface area contributed by atoms with Crippen molar-refractivity contribution in [1.29, 1.82) is 0 Å². The predicted molar refractivity (Wildman–Crippen MR) is 74.6 cm³/mol. The molecule has 1 aliphatic rings. The van der Waals surface area contributed by atoms with Crippen LogP contribution in [0.3, 0.4) is 0 Å². The van der Waals surface area contributed by atoms with Crippen LogP contribution in [0.25, 0.3) is 0 Å². The fraction of sp³-hybridized carbons (Fsp3) is 0.600. The largest absolute Gasteiger partial charge is 0.507 e. The van der Waals surface area contributed by atoms with Gasteiger partial charge in [0, 0.05) is 30.9 Å². The van der Waals surface area contributed by atoms with E-state index in [1.54, 1.807) is 13.2 Å². The minimum atomic E-state index is 0.133. The van der Waals surface area contributed by atoms with Crippen molar-refractivity contribution in [3.05, 3.63) is 23.8 Å². The zero-order valence-electron chi connectivity index (χ0n) is 11.7. The lowest BCUT2D eigenvalue weighted by atomic mass is 9.99. The van der Waals surface area contributed by atoms with Crippen LogP contribution in [-0.4, -0.2) is 32.0 Å². The van der Waals surface area contributed by atoms with E-state index in [0.29, 0.717) is 11.7 Å². The van der Waals surface area contributed by atoms with Gasteiger partial charge >= 0.3 is 0 Å². The van der Waals surface area contributed by atoms with Gasteiger partial charge in [0.1, 0.15) is 11.5 Å². The molecule has 1 fully saturated rings. The van der Waals surface area contributed by atoms with Gasteiger partial charge in [-0.15, -0.1) is 0 Å². The first-order chi connectivity index (χ1) is 9.20.